The van der Waals surface area contributed by atoms with Crippen LogP contribution in [0.5, 0.6) is 0 Å². The minimum absolute atomic E-state index is 0.0276. The molecule has 0 saturated carbocycles. The predicted molar refractivity (Wildman–Crippen MR) is 167 cm³/mol. The number of hydrogen-bond donors (Lipinski definition) is 1. The minimum Gasteiger partial charge on any atom is -0.466 e. The normalized spacial score (nSPS) is 15.4. The van der Waals surface area contributed by atoms with E-state index in [1.54, 1.807) is 58.0 Å². The number of nitro benzene ring substituents is 1. The fourth-order valence-electron chi connectivity index (χ4n) is 5.38. The van der Waals surface area contributed by atoms with Crippen LogP contribution < -0.4 is 5.32 Å². The Morgan fingerprint density at radius 3 is 2.00 bits per heavy atom. The van der Waals surface area contributed by atoms with Crippen molar-refractivity contribution in [2.75, 3.05) is 26.9 Å². The van der Waals surface area contributed by atoms with Crippen LogP contribution in [0, 0.1) is 10.1 Å². The molecule has 12 nitrogen and oxygen atoms in total. The van der Waals surface area contributed by atoms with Crippen molar-refractivity contribution in [1.29, 1.82) is 0 Å². The summed E-state index contributed by atoms with van der Waals surface area (Å²) in [6.07, 6.45) is 0.429. The second-order valence-electron chi connectivity index (χ2n) is 11.0. The summed E-state index contributed by atoms with van der Waals surface area (Å²) in [6.45, 7) is 10.3. The van der Waals surface area contributed by atoms with Gasteiger partial charge >= 0.3 is 23.9 Å². The highest BCUT2D eigenvalue weighted by atomic mass is 16.6. The molecule has 0 radical (unpaired) electrons. The third-order valence-electron chi connectivity index (χ3n) is 8.01. The molecule has 2 aromatic carbocycles. The molecular formula is C34H40N2O10. The van der Waals surface area contributed by atoms with Crippen molar-refractivity contribution in [3.05, 3.63) is 97.9 Å². The van der Waals surface area contributed by atoms with Gasteiger partial charge < -0.3 is 24.3 Å². The number of carbonyl (C=O) groups excluding carboxylic acids is 4. The van der Waals surface area contributed by atoms with Gasteiger partial charge in [0.2, 0.25) is 0 Å². The van der Waals surface area contributed by atoms with Crippen molar-refractivity contribution in [3.8, 4) is 0 Å². The number of hydrogen-bond acceptors (Lipinski definition) is 11. The third kappa shape index (κ3) is 7.44. The Morgan fingerprint density at radius 1 is 0.913 bits per heavy atom. The summed E-state index contributed by atoms with van der Waals surface area (Å²) >= 11 is 0. The first-order valence-corrected chi connectivity index (χ1v) is 14.9. The molecule has 0 aromatic heterocycles. The van der Waals surface area contributed by atoms with Crippen molar-refractivity contribution < 1.29 is 43.0 Å². The van der Waals surface area contributed by atoms with Gasteiger partial charge in [-0.25, -0.2) is 9.59 Å². The number of rotatable bonds is 13. The van der Waals surface area contributed by atoms with Crippen LogP contribution >= 0.6 is 0 Å². The zero-order valence-corrected chi connectivity index (χ0v) is 27.1. The van der Waals surface area contributed by atoms with Crippen LogP contribution in [0.2, 0.25) is 0 Å². The summed E-state index contributed by atoms with van der Waals surface area (Å²) in [5.41, 5.74) is 1.04. The molecule has 1 aliphatic rings. The average molecular weight is 637 g/mol. The number of nitrogens with one attached hydrogen (secondary N) is 1. The Hall–Kier alpha value is -5.00. The first kappa shape index (κ1) is 35.5. The van der Waals surface area contributed by atoms with Crippen LogP contribution in [-0.2, 0) is 43.5 Å². The third-order valence-corrected chi connectivity index (χ3v) is 8.01. The molecule has 2 atom stereocenters. The largest absolute Gasteiger partial charge is 0.466 e. The van der Waals surface area contributed by atoms with Gasteiger partial charge in [-0.05, 0) is 63.6 Å². The second-order valence-corrected chi connectivity index (χ2v) is 11.0. The highest BCUT2D eigenvalue weighted by Gasteiger charge is 2.46. The van der Waals surface area contributed by atoms with Gasteiger partial charge in [-0.15, -0.1) is 0 Å². The van der Waals surface area contributed by atoms with E-state index in [1.807, 2.05) is 6.92 Å². The molecule has 12 heteroatoms. The summed E-state index contributed by atoms with van der Waals surface area (Å²) < 4.78 is 21.0. The smallest absolute Gasteiger partial charge is 0.336 e. The molecule has 3 rings (SSSR count). The van der Waals surface area contributed by atoms with Gasteiger partial charge in [0, 0.05) is 23.5 Å². The minimum atomic E-state index is -1.63. The van der Waals surface area contributed by atoms with Crippen molar-refractivity contribution in [1.82, 2.24) is 5.32 Å². The van der Waals surface area contributed by atoms with E-state index in [0.29, 0.717) is 28.9 Å². The highest BCUT2D eigenvalue weighted by molar-refractivity contribution is 6.06. The summed E-state index contributed by atoms with van der Waals surface area (Å²) in [7, 11) is 1.22. The van der Waals surface area contributed by atoms with E-state index in [1.165, 1.54) is 32.2 Å². The molecule has 1 aliphatic heterocycles. The summed E-state index contributed by atoms with van der Waals surface area (Å²) in [4.78, 5) is 62.9. The molecule has 1 heterocycles. The van der Waals surface area contributed by atoms with Crippen LogP contribution in [0.25, 0.3) is 0 Å². The molecule has 46 heavy (non-hydrogen) atoms. The second kappa shape index (κ2) is 15.3. The number of allylic oxidation sites excluding steroid dienone is 2. The zero-order valence-electron chi connectivity index (χ0n) is 27.1. The molecule has 246 valence electrons. The molecule has 2 aromatic rings. The monoisotopic (exact) mass is 636 g/mol. The Bertz CT molecular complexity index is 1540. The topological polar surface area (TPSA) is 160 Å². The number of ether oxygens (including phenoxy) is 4. The molecule has 0 amide bonds. The number of carbonyl (C=O) groups is 4. The molecule has 0 fully saturated rings. The van der Waals surface area contributed by atoms with Crippen LogP contribution in [0.15, 0.2) is 71.1 Å². The van der Waals surface area contributed by atoms with Gasteiger partial charge in [0.15, 0.2) is 5.41 Å². The van der Waals surface area contributed by atoms with Gasteiger partial charge in [0.05, 0.1) is 48.9 Å². The first-order valence-electron chi connectivity index (χ1n) is 14.9. The molecule has 0 bridgehead atoms. The Morgan fingerprint density at radius 2 is 1.48 bits per heavy atom. The maximum atomic E-state index is 13.6. The van der Waals surface area contributed by atoms with Gasteiger partial charge in [-0.3, -0.25) is 19.7 Å². The van der Waals surface area contributed by atoms with Gasteiger partial charge in [-0.1, -0.05) is 43.3 Å². The number of methoxy groups -OCH3 is 1. The van der Waals surface area contributed by atoms with Crippen LogP contribution in [0.3, 0.4) is 0 Å². The van der Waals surface area contributed by atoms with Gasteiger partial charge in [0.25, 0.3) is 5.69 Å². The summed E-state index contributed by atoms with van der Waals surface area (Å²) in [5, 5.41) is 14.5. The maximum Gasteiger partial charge on any atom is 0.336 e. The van der Waals surface area contributed by atoms with E-state index in [4.69, 9.17) is 18.9 Å². The SMILES string of the molecule is CCOC(=O)C(C)(C(=O)OCC)c1ccc(C(C)CCOC(=O)C2=C(C)NC(C)=C(C(=O)OC)C2c2cccc([N+](=O)[O-])c2)cc1. The van der Waals surface area contributed by atoms with Crippen molar-refractivity contribution in [2.24, 2.45) is 0 Å². The standard InChI is InChI=1S/C34H40N2O10/c1-8-44-32(39)34(6,33(40)45-9-2)25-15-13-23(14-16-25)20(3)17-18-46-31(38)28-22(5)35-21(4)27(30(37)43-7)29(28)24-11-10-12-26(19-24)36(41)42/h10-16,19-20,29,35H,8-9,17-18H2,1-7H3. The number of benzene rings is 2. The van der Waals surface area contributed by atoms with Gasteiger partial charge in [0.1, 0.15) is 0 Å². The molecule has 0 saturated heterocycles. The quantitative estimate of drug-likeness (QED) is 0.102. The van der Waals surface area contributed by atoms with E-state index >= 15 is 0 Å². The van der Waals surface area contributed by atoms with E-state index < -0.39 is 40.1 Å². The molecule has 2 unspecified atom stereocenters. The zero-order chi connectivity index (χ0) is 34.2. The first-order chi connectivity index (χ1) is 21.8. The Kier molecular flexibility index (Phi) is 11.8. The lowest BCUT2D eigenvalue weighted by Gasteiger charge is -2.30. The number of nitro groups is 1. The number of non-ortho nitro benzene ring substituents is 1. The van der Waals surface area contributed by atoms with E-state index in [9.17, 15) is 29.3 Å². The van der Waals surface area contributed by atoms with Crippen LogP contribution in [0.4, 0.5) is 5.69 Å². The summed E-state index contributed by atoms with van der Waals surface area (Å²) in [5.74, 6) is -3.81. The van der Waals surface area contributed by atoms with E-state index in [0.717, 1.165) is 5.56 Å². The number of nitrogens with zero attached hydrogens (tertiary/aromatic N) is 1. The number of esters is 4. The lowest BCUT2D eigenvalue weighted by atomic mass is 9.80. The number of dihydropyridines is 1. The lowest BCUT2D eigenvalue weighted by molar-refractivity contribution is -0.384. The molecule has 0 spiro atoms. The van der Waals surface area contributed by atoms with Crippen molar-refractivity contribution >= 4 is 29.6 Å². The Labute approximate surface area is 267 Å². The molecular weight excluding hydrogens is 596 g/mol. The maximum absolute atomic E-state index is 13.6. The van der Waals surface area contributed by atoms with E-state index in [2.05, 4.69) is 5.32 Å². The fraction of sp³-hybridized carbons (Fsp3) is 0.412. The highest BCUT2D eigenvalue weighted by Crippen LogP contribution is 2.40. The molecule has 1 N–H and O–H groups in total. The fourth-order valence-corrected chi connectivity index (χ4v) is 5.38. The van der Waals surface area contributed by atoms with Crippen LogP contribution in [0.1, 0.15) is 76.5 Å². The van der Waals surface area contributed by atoms with Gasteiger partial charge in [-0.2, -0.15) is 0 Å². The predicted octanol–water partition coefficient (Wildman–Crippen LogP) is 5.12. The molecule has 0 aliphatic carbocycles. The lowest BCUT2D eigenvalue weighted by Crippen LogP contribution is -2.43. The van der Waals surface area contributed by atoms with Crippen molar-refractivity contribution in [3.63, 3.8) is 0 Å². The summed E-state index contributed by atoms with van der Waals surface area (Å²) in [6, 6.07) is 12.7. The van der Waals surface area contributed by atoms with E-state index in [-0.39, 0.29) is 42.6 Å². The van der Waals surface area contributed by atoms with Crippen LogP contribution in [-0.4, -0.2) is 55.7 Å². The average Bonchev–Trinajstić information content (AvgIpc) is 3.03. The van der Waals surface area contributed by atoms with Crippen molar-refractivity contribution in [2.45, 2.75) is 65.2 Å². The Balaban J connectivity index is 1.81.